The second-order valence-corrected chi connectivity index (χ2v) is 6.82. The molecule has 0 amide bonds. The highest BCUT2D eigenvalue weighted by atomic mass is 16.5. The summed E-state index contributed by atoms with van der Waals surface area (Å²) in [5.74, 6) is 2.22. The molecule has 0 saturated heterocycles. The number of fused-ring (bicyclic) bond motifs is 1. The molecule has 0 bridgehead atoms. The van der Waals surface area contributed by atoms with Crippen molar-refractivity contribution in [2.75, 3.05) is 18.9 Å². The lowest BCUT2D eigenvalue weighted by molar-refractivity contribution is 0.416. The Morgan fingerprint density at radius 2 is 2.00 bits per heavy atom. The van der Waals surface area contributed by atoms with Crippen LogP contribution in [0.25, 0.3) is 10.9 Å². The molecule has 0 aliphatic carbocycles. The van der Waals surface area contributed by atoms with Gasteiger partial charge in [-0.05, 0) is 61.4 Å². The summed E-state index contributed by atoms with van der Waals surface area (Å²) in [5.41, 5.74) is 4.25. The van der Waals surface area contributed by atoms with Crippen molar-refractivity contribution in [2.45, 2.75) is 13.8 Å². The third-order valence-corrected chi connectivity index (χ3v) is 4.50. The Balaban J connectivity index is 1.55. The third kappa shape index (κ3) is 3.92. The maximum atomic E-state index is 5.94. The largest absolute Gasteiger partial charge is 0.458 e. The molecule has 0 atom stereocenters. The Labute approximate surface area is 159 Å². The molecule has 5 heteroatoms. The van der Waals surface area contributed by atoms with Crippen molar-refractivity contribution >= 4 is 22.5 Å². The van der Waals surface area contributed by atoms with Gasteiger partial charge in [-0.25, -0.2) is 9.97 Å². The van der Waals surface area contributed by atoms with Crippen molar-refractivity contribution < 1.29 is 4.74 Å². The quantitative estimate of drug-likeness (QED) is 0.732. The second kappa shape index (κ2) is 7.11. The molecule has 3 aromatic rings. The summed E-state index contributed by atoms with van der Waals surface area (Å²) in [6.07, 6.45) is 7.84. The summed E-state index contributed by atoms with van der Waals surface area (Å²) in [6, 6.07) is 12.1. The molecular weight excluding hydrogens is 336 g/mol. The lowest BCUT2D eigenvalue weighted by Crippen LogP contribution is -2.15. The van der Waals surface area contributed by atoms with Crippen LogP contribution in [0, 0.1) is 13.8 Å². The molecular formula is C22H22N4O. The van der Waals surface area contributed by atoms with Gasteiger partial charge >= 0.3 is 0 Å². The van der Waals surface area contributed by atoms with Crippen LogP contribution in [-0.4, -0.2) is 28.5 Å². The molecule has 5 nitrogen and oxygen atoms in total. The van der Waals surface area contributed by atoms with E-state index in [2.05, 4.69) is 58.3 Å². The Kier molecular flexibility index (Phi) is 4.50. The first-order valence-electron chi connectivity index (χ1n) is 8.94. The van der Waals surface area contributed by atoms with E-state index in [1.54, 1.807) is 0 Å². The van der Waals surface area contributed by atoms with Gasteiger partial charge in [0.2, 0.25) is 5.95 Å². The molecule has 0 spiro atoms. The van der Waals surface area contributed by atoms with Crippen molar-refractivity contribution in [3.05, 3.63) is 77.8 Å². The third-order valence-electron chi connectivity index (χ3n) is 4.50. The van der Waals surface area contributed by atoms with Crippen molar-refractivity contribution in [3.63, 3.8) is 0 Å². The van der Waals surface area contributed by atoms with Crippen LogP contribution in [0.4, 0.5) is 11.6 Å². The van der Waals surface area contributed by atoms with Gasteiger partial charge in [-0.2, -0.15) is 0 Å². The number of aromatic nitrogens is 2. The highest BCUT2D eigenvalue weighted by molar-refractivity contribution is 5.80. The molecule has 27 heavy (non-hydrogen) atoms. The van der Waals surface area contributed by atoms with Crippen LogP contribution in [0.1, 0.15) is 11.1 Å². The summed E-state index contributed by atoms with van der Waals surface area (Å²) in [6.45, 7) is 4.98. The normalized spacial score (nSPS) is 13.6. The Morgan fingerprint density at radius 1 is 1.11 bits per heavy atom. The van der Waals surface area contributed by atoms with E-state index in [4.69, 9.17) is 4.74 Å². The standard InChI is InChI=1S/C22H22N4O/c1-15-4-5-16(2)21(12-15)25-22-23-14-17-13-19(6-7-20(17)24-22)27-18-8-10-26(3)11-9-18/h4-10,12-14H,11H2,1-3H3,(H,23,24,25). The summed E-state index contributed by atoms with van der Waals surface area (Å²) in [4.78, 5) is 11.2. The number of benzene rings is 2. The number of hydrogen-bond donors (Lipinski definition) is 1. The molecule has 1 aliphatic heterocycles. The predicted molar refractivity (Wildman–Crippen MR) is 109 cm³/mol. The maximum absolute atomic E-state index is 5.94. The summed E-state index contributed by atoms with van der Waals surface area (Å²) in [7, 11) is 2.03. The Hall–Kier alpha value is -3.34. The number of nitrogens with zero attached hydrogens (tertiary/aromatic N) is 3. The van der Waals surface area contributed by atoms with Gasteiger partial charge in [-0.1, -0.05) is 12.1 Å². The van der Waals surface area contributed by atoms with Crippen LogP contribution in [-0.2, 0) is 0 Å². The highest BCUT2D eigenvalue weighted by Crippen LogP contribution is 2.24. The lowest BCUT2D eigenvalue weighted by Gasteiger charge is -2.17. The molecule has 1 N–H and O–H groups in total. The van der Waals surface area contributed by atoms with Gasteiger partial charge in [0.05, 0.1) is 5.52 Å². The van der Waals surface area contributed by atoms with Crippen molar-refractivity contribution in [3.8, 4) is 5.75 Å². The van der Waals surface area contributed by atoms with Gasteiger partial charge in [0.1, 0.15) is 11.5 Å². The minimum Gasteiger partial charge on any atom is -0.458 e. The second-order valence-electron chi connectivity index (χ2n) is 6.82. The van der Waals surface area contributed by atoms with E-state index in [9.17, 15) is 0 Å². The topological polar surface area (TPSA) is 50.3 Å². The van der Waals surface area contributed by atoms with Gasteiger partial charge in [0.25, 0.3) is 0 Å². The zero-order chi connectivity index (χ0) is 18.8. The minimum atomic E-state index is 0.589. The van der Waals surface area contributed by atoms with Gasteiger partial charge in [-0.3, -0.25) is 0 Å². The monoisotopic (exact) mass is 358 g/mol. The maximum Gasteiger partial charge on any atom is 0.227 e. The molecule has 136 valence electrons. The molecule has 4 rings (SSSR count). The van der Waals surface area contributed by atoms with Gasteiger partial charge in [-0.15, -0.1) is 0 Å². The van der Waals surface area contributed by atoms with E-state index < -0.39 is 0 Å². The molecule has 2 heterocycles. The SMILES string of the molecule is Cc1ccc(C)c(Nc2ncc3cc(OC4=CCN(C)C=C4)ccc3n2)c1. The number of anilines is 2. The fraction of sp³-hybridized carbons (Fsp3) is 0.182. The van der Waals surface area contributed by atoms with Crippen LogP contribution < -0.4 is 10.1 Å². The van der Waals surface area contributed by atoms with Crippen LogP contribution in [0.15, 0.2) is 66.7 Å². The van der Waals surface area contributed by atoms with E-state index in [0.29, 0.717) is 5.95 Å². The molecule has 0 fully saturated rings. The van der Waals surface area contributed by atoms with Crippen molar-refractivity contribution in [1.29, 1.82) is 0 Å². The number of likely N-dealkylation sites (N-methyl/N-ethyl adjacent to an activating group) is 1. The van der Waals surface area contributed by atoms with Crippen molar-refractivity contribution in [1.82, 2.24) is 14.9 Å². The fourth-order valence-electron chi connectivity index (χ4n) is 2.90. The summed E-state index contributed by atoms with van der Waals surface area (Å²) < 4.78 is 5.94. The zero-order valence-corrected chi connectivity index (χ0v) is 15.7. The van der Waals surface area contributed by atoms with Crippen LogP contribution >= 0.6 is 0 Å². The average Bonchev–Trinajstić information content (AvgIpc) is 2.67. The van der Waals surface area contributed by atoms with Gasteiger partial charge in [0, 0.05) is 37.1 Å². The number of aryl methyl sites for hydroxylation is 2. The summed E-state index contributed by atoms with van der Waals surface area (Å²) >= 11 is 0. The van der Waals surface area contributed by atoms with Gasteiger partial charge in [0.15, 0.2) is 0 Å². The lowest BCUT2D eigenvalue weighted by atomic mass is 10.1. The Morgan fingerprint density at radius 3 is 2.81 bits per heavy atom. The van der Waals surface area contributed by atoms with Gasteiger partial charge < -0.3 is 15.0 Å². The van der Waals surface area contributed by atoms with Crippen LogP contribution in [0.2, 0.25) is 0 Å². The Bertz CT molecular complexity index is 1060. The first-order valence-corrected chi connectivity index (χ1v) is 8.94. The number of rotatable bonds is 4. The van der Waals surface area contributed by atoms with E-state index in [1.165, 1.54) is 5.56 Å². The molecule has 0 unspecified atom stereocenters. The van der Waals surface area contributed by atoms with E-state index in [1.807, 2.05) is 43.7 Å². The molecule has 2 aromatic carbocycles. The molecule has 1 aliphatic rings. The smallest absolute Gasteiger partial charge is 0.227 e. The van der Waals surface area contributed by atoms with Crippen molar-refractivity contribution in [2.24, 2.45) is 0 Å². The predicted octanol–water partition coefficient (Wildman–Crippen LogP) is 4.71. The average molecular weight is 358 g/mol. The number of allylic oxidation sites excluding steroid dienone is 1. The van der Waals surface area contributed by atoms with E-state index in [0.717, 1.165) is 40.2 Å². The number of nitrogens with one attached hydrogen (secondary N) is 1. The highest BCUT2D eigenvalue weighted by Gasteiger charge is 2.07. The summed E-state index contributed by atoms with van der Waals surface area (Å²) in [5, 5.41) is 4.25. The number of ether oxygens (including phenoxy) is 1. The minimum absolute atomic E-state index is 0.589. The molecule has 0 saturated carbocycles. The molecule has 1 aromatic heterocycles. The fourth-order valence-corrected chi connectivity index (χ4v) is 2.90. The number of hydrogen-bond acceptors (Lipinski definition) is 5. The van der Waals surface area contributed by atoms with E-state index in [-0.39, 0.29) is 0 Å². The molecule has 0 radical (unpaired) electrons. The van der Waals surface area contributed by atoms with Crippen LogP contribution in [0.5, 0.6) is 5.75 Å². The zero-order valence-electron chi connectivity index (χ0n) is 15.7. The first-order chi connectivity index (χ1) is 13.1. The van der Waals surface area contributed by atoms with E-state index >= 15 is 0 Å². The van der Waals surface area contributed by atoms with Crippen LogP contribution in [0.3, 0.4) is 0 Å². The first kappa shape index (κ1) is 17.1.